The molecular formula is C13H13N3O3S. The minimum absolute atomic E-state index is 0.152. The molecule has 0 aliphatic carbocycles. The highest BCUT2D eigenvalue weighted by atomic mass is 32.1. The molecule has 1 amide bonds. The smallest absolute Gasteiger partial charge is 0.291 e. The Morgan fingerprint density at radius 2 is 2.15 bits per heavy atom. The predicted octanol–water partition coefficient (Wildman–Crippen LogP) is 2.20. The average Bonchev–Trinajstić information content (AvgIpc) is 2.93. The summed E-state index contributed by atoms with van der Waals surface area (Å²) >= 11 is 4.76. The summed E-state index contributed by atoms with van der Waals surface area (Å²) in [6, 6.07) is 8.29. The van der Waals surface area contributed by atoms with Crippen LogP contribution in [0.4, 0.5) is 11.4 Å². The molecule has 2 aromatic rings. The first kappa shape index (κ1) is 13.9. The first-order valence-electron chi connectivity index (χ1n) is 5.69. The second-order valence-corrected chi connectivity index (χ2v) is 4.28. The molecule has 4 N–H and O–H groups in total. The Morgan fingerprint density at radius 1 is 1.35 bits per heavy atom. The molecule has 0 spiro atoms. The van der Waals surface area contributed by atoms with E-state index in [1.165, 1.54) is 13.4 Å². The van der Waals surface area contributed by atoms with Crippen LogP contribution in [0.3, 0.4) is 0 Å². The number of rotatable bonds is 4. The summed E-state index contributed by atoms with van der Waals surface area (Å²) < 4.78 is 10.2. The Balaban J connectivity index is 2.19. The number of benzene rings is 1. The molecule has 0 bridgehead atoms. The molecule has 1 heterocycles. The van der Waals surface area contributed by atoms with Crippen LogP contribution in [-0.4, -0.2) is 18.1 Å². The summed E-state index contributed by atoms with van der Waals surface area (Å²) in [5.74, 6) is 0.340. The summed E-state index contributed by atoms with van der Waals surface area (Å²) in [6.07, 6.45) is 1.43. The van der Waals surface area contributed by atoms with E-state index in [9.17, 15) is 4.79 Å². The molecule has 0 aliphatic rings. The molecule has 6 nitrogen and oxygen atoms in total. The van der Waals surface area contributed by atoms with Gasteiger partial charge >= 0.3 is 0 Å². The van der Waals surface area contributed by atoms with Crippen molar-refractivity contribution in [1.29, 1.82) is 0 Å². The van der Waals surface area contributed by atoms with Gasteiger partial charge < -0.3 is 25.5 Å². The number of nitrogens with two attached hydrogens (primary N) is 1. The Morgan fingerprint density at radius 3 is 2.75 bits per heavy atom. The van der Waals surface area contributed by atoms with Gasteiger partial charge in [0.15, 0.2) is 10.9 Å². The van der Waals surface area contributed by atoms with Crippen LogP contribution in [0.25, 0.3) is 0 Å². The van der Waals surface area contributed by atoms with E-state index in [0.717, 1.165) is 0 Å². The lowest BCUT2D eigenvalue weighted by Crippen LogP contribution is -2.19. The van der Waals surface area contributed by atoms with Gasteiger partial charge in [-0.25, -0.2) is 0 Å². The number of anilines is 2. The zero-order valence-corrected chi connectivity index (χ0v) is 11.5. The maximum atomic E-state index is 11.9. The molecule has 0 radical (unpaired) electrons. The molecule has 20 heavy (non-hydrogen) atoms. The van der Waals surface area contributed by atoms with Crippen molar-refractivity contribution >= 4 is 34.6 Å². The number of nitrogens with one attached hydrogen (secondary N) is 2. The van der Waals surface area contributed by atoms with Gasteiger partial charge in [-0.05, 0) is 36.5 Å². The molecule has 7 heteroatoms. The van der Waals surface area contributed by atoms with E-state index in [0.29, 0.717) is 17.1 Å². The molecule has 0 fully saturated rings. The number of hydrogen-bond donors (Lipinski definition) is 3. The van der Waals surface area contributed by atoms with Crippen LogP contribution in [0.2, 0.25) is 0 Å². The van der Waals surface area contributed by atoms with Crippen molar-refractivity contribution in [3.05, 3.63) is 42.4 Å². The quantitative estimate of drug-likeness (QED) is 0.748. The van der Waals surface area contributed by atoms with Gasteiger partial charge in [0.1, 0.15) is 5.75 Å². The van der Waals surface area contributed by atoms with Gasteiger partial charge in [-0.3, -0.25) is 4.79 Å². The maximum absolute atomic E-state index is 11.9. The van der Waals surface area contributed by atoms with Crippen LogP contribution >= 0.6 is 12.2 Å². The summed E-state index contributed by atoms with van der Waals surface area (Å²) in [4.78, 5) is 11.9. The molecular weight excluding hydrogens is 278 g/mol. The van der Waals surface area contributed by atoms with E-state index in [1.807, 2.05) is 0 Å². The molecule has 0 aliphatic heterocycles. The number of hydrogen-bond acceptors (Lipinski definition) is 4. The molecule has 2 rings (SSSR count). The zero-order chi connectivity index (χ0) is 14.5. The van der Waals surface area contributed by atoms with Crippen LogP contribution in [0.5, 0.6) is 5.75 Å². The average molecular weight is 291 g/mol. The first-order chi connectivity index (χ1) is 9.60. The lowest BCUT2D eigenvalue weighted by Gasteiger charge is -2.11. The Bertz CT molecular complexity index is 626. The van der Waals surface area contributed by atoms with Gasteiger partial charge in [-0.2, -0.15) is 0 Å². The predicted molar refractivity (Wildman–Crippen MR) is 80.1 cm³/mol. The largest absolute Gasteiger partial charge is 0.494 e. The third kappa shape index (κ3) is 3.27. The van der Waals surface area contributed by atoms with E-state index in [1.54, 1.807) is 30.3 Å². The number of amides is 1. The number of furan rings is 1. The number of ether oxygens (including phenoxy) is 1. The van der Waals surface area contributed by atoms with E-state index in [2.05, 4.69) is 10.6 Å². The summed E-state index contributed by atoms with van der Waals surface area (Å²) in [7, 11) is 1.50. The van der Waals surface area contributed by atoms with E-state index in [-0.39, 0.29) is 16.8 Å². The highest BCUT2D eigenvalue weighted by molar-refractivity contribution is 7.80. The molecule has 0 saturated heterocycles. The second-order valence-electron chi connectivity index (χ2n) is 3.84. The summed E-state index contributed by atoms with van der Waals surface area (Å²) in [5, 5.41) is 5.63. The minimum Gasteiger partial charge on any atom is -0.494 e. The van der Waals surface area contributed by atoms with Gasteiger partial charge in [-0.1, -0.05) is 0 Å². The number of carbonyl (C=O) groups excluding carboxylic acids is 1. The van der Waals surface area contributed by atoms with Crippen LogP contribution in [0.1, 0.15) is 10.6 Å². The van der Waals surface area contributed by atoms with Gasteiger partial charge in [0.05, 0.1) is 19.1 Å². The minimum atomic E-state index is -0.358. The molecule has 104 valence electrons. The zero-order valence-electron chi connectivity index (χ0n) is 10.7. The normalized spacial score (nSPS) is 9.85. The van der Waals surface area contributed by atoms with Crippen molar-refractivity contribution < 1.29 is 13.9 Å². The van der Waals surface area contributed by atoms with Gasteiger partial charge in [-0.15, -0.1) is 0 Å². The van der Waals surface area contributed by atoms with Crippen molar-refractivity contribution in [3.63, 3.8) is 0 Å². The highest BCUT2D eigenvalue weighted by Crippen LogP contribution is 2.28. The molecule has 1 aromatic carbocycles. The third-order valence-electron chi connectivity index (χ3n) is 2.46. The molecule has 0 unspecified atom stereocenters. The monoisotopic (exact) mass is 291 g/mol. The van der Waals surface area contributed by atoms with Crippen LogP contribution in [0, 0.1) is 0 Å². The molecule has 1 aromatic heterocycles. The fraction of sp³-hybridized carbons (Fsp3) is 0.0769. The van der Waals surface area contributed by atoms with E-state index >= 15 is 0 Å². The topological polar surface area (TPSA) is 89.5 Å². The maximum Gasteiger partial charge on any atom is 0.291 e. The lowest BCUT2D eigenvalue weighted by atomic mass is 10.2. The van der Waals surface area contributed by atoms with Gasteiger partial charge in [0.25, 0.3) is 5.91 Å². The third-order valence-corrected chi connectivity index (χ3v) is 2.56. The van der Waals surface area contributed by atoms with Crippen molar-refractivity contribution in [2.75, 3.05) is 17.7 Å². The fourth-order valence-corrected chi connectivity index (χ4v) is 1.72. The Kier molecular flexibility index (Phi) is 4.21. The number of thiocarbonyl (C=S) groups is 1. The molecule has 0 atom stereocenters. The van der Waals surface area contributed by atoms with Crippen LogP contribution in [-0.2, 0) is 0 Å². The van der Waals surface area contributed by atoms with Crippen LogP contribution < -0.4 is 21.1 Å². The van der Waals surface area contributed by atoms with E-state index in [4.69, 9.17) is 27.1 Å². The van der Waals surface area contributed by atoms with Crippen molar-refractivity contribution in [1.82, 2.24) is 0 Å². The summed E-state index contributed by atoms with van der Waals surface area (Å²) in [5.41, 5.74) is 6.58. The van der Waals surface area contributed by atoms with E-state index < -0.39 is 0 Å². The summed E-state index contributed by atoms with van der Waals surface area (Å²) in [6.45, 7) is 0. The van der Waals surface area contributed by atoms with Crippen LogP contribution in [0.15, 0.2) is 41.0 Å². The first-order valence-corrected chi connectivity index (χ1v) is 6.10. The van der Waals surface area contributed by atoms with Crippen molar-refractivity contribution in [3.8, 4) is 5.75 Å². The van der Waals surface area contributed by atoms with Crippen molar-refractivity contribution in [2.45, 2.75) is 0 Å². The molecule has 0 saturated carbocycles. The Labute approximate surface area is 120 Å². The lowest BCUT2D eigenvalue weighted by molar-refractivity contribution is 0.0996. The highest BCUT2D eigenvalue weighted by Gasteiger charge is 2.12. The standard InChI is InChI=1S/C13H13N3O3S/c1-18-11-7-8(15-13(14)20)4-5-9(11)16-12(17)10-3-2-6-19-10/h2-7H,1H3,(H,16,17)(H3,14,15,20). The van der Waals surface area contributed by atoms with Gasteiger partial charge in [0, 0.05) is 11.8 Å². The number of methoxy groups -OCH3 is 1. The van der Waals surface area contributed by atoms with Crippen molar-refractivity contribution in [2.24, 2.45) is 5.73 Å². The van der Waals surface area contributed by atoms with Gasteiger partial charge in [0.2, 0.25) is 0 Å². The second kappa shape index (κ2) is 6.07. The SMILES string of the molecule is COc1cc(NC(N)=S)ccc1NC(=O)c1ccco1. The number of carbonyl (C=O) groups is 1. The Hall–Kier alpha value is -2.54. The fourth-order valence-electron chi connectivity index (χ4n) is 1.61.